The van der Waals surface area contributed by atoms with E-state index in [0.29, 0.717) is 35.0 Å². The first-order chi connectivity index (χ1) is 18.0. The molecular weight excluding hydrogens is 543 g/mol. The van der Waals surface area contributed by atoms with Crippen LogP contribution in [0, 0.1) is 12.7 Å². The summed E-state index contributed by atoms with van der Waals surface area (Å²) >= 11 is 5.97. The zero-order valence-corrected chi connectivity index (χ0v) is 24.9. The van der Waals surface area contributed by atoms with Crippen LogP contribution in [0.25, 0.3) is 0 Å². The minimum absolute atomic E-state index is 0.0272. The fourth-order valence-electron chi connectivity index (χ4n) is 5.31. The van der Waals surface area contributed by atoms with Gasteiger partial charge in [-0.05, 0) is 78.6 Å². The summed E-state index contributed by atoms with van der Waals surface area (Å²) in [5.41, 5.74) is -0.581. The summed E-state index contributed by atoms with van der Waals surface area (Å²) in [5.74, 6) is -1.45. The Morgan fingerprint density at radius 2 is 1.90 bits per heavy atom. The average Bonchev–Trinajstić information content (AvgIpc) is 3.22. The molecule has 4 rings (SSSR count). The van der Waals surface area contributed by atoms with Gasteiger partial charge in [0.15, 0.2) is 5.78 Å². The number of aromatic nitrogens is 2. The fraction of sp³-hybridized carbons (Fsp3) is 0.536. The summed E-state index contributed by atoms with van der Waals surface area (Å²) in [6, 6.07) is 4.34. The first-order valence-electron chi connectivity index (χ1n) is 12.8. The molecule has 2 aromatic heterocycles. The highest BCUT2D eigenvalue weighted by Gasteiger charge is 2.58. The molecule has 0 unspecified atom stereocenters. The molecule has 0 radical (unpaired) electrons. The molecule has 11 heteroatoms. The molecule has 2 aromatic rings. The van der Waals surface area contributed by atoms with Crippen molar-refractivity contribution in [2.24, 2.45) is 9.36 Å². The quantitative estimate of drug-likeness (QED) is 0.335. The summed E-state index contributed by atoms with van der Waals surface area (Å²) in [6.07, 6.45) is 1.50. The maximum absolute atomic E-state index is 15.5. The Bertz CT molecular complexity index is 1510. The van der Waals surface area contributed by atoms with Crippen LogP contribution in [0.15, 0.2) is 33.8 Å². The highest BCUT2D eigenvalue weighted by molar-refractivity contribution is 7.96. The number of aryl methyl sites for hydroxylation is 1. The Morgan fingerprint density at radius 1 is 1.21 bits per heavy atom. The molecule has 0 spiro atoms. The number of aliphatic imine (C=N–C) groups is 1. The van der Waals surface area contributed by atoms with E-state index in [4.69, 9.17) is 21.3 Å². The van der Waals surface area contributed by atoms with Crippen molar-refractivity contribution in [1.29, 1.82) is 0 Å². The minimum Gasteiger partial charge on any atom is -0.460 e. The van der Waals surface area contributed by atoms with Gasteiger partial charge in [-0.15, -0.1) is 0 Å². The lowest BCUT2D eigenvalue weighted by Gasteiger charge is -2.45. The van der Waals surface area contributed by atoms with Crippen molar-refractivity contribution >= 4 is 38.8 Å². The molecule has 2 aliphatic rings. The van der Waals surface area contributed by atoms with Gasteiger partial charge in [0.25, 0.3) is 0 Å². The van der Waals surface area contributed by atoms with E-state index in [-0.39, 0.29) is 30.0 Å². The SMILES string of the molecule is Cc1cc(Cl)cnc1C(=O)Cc1ccc(F)c([C@@]2(C)N=C(CC(=O)OC(C)(C)C)C(C)(C)[S@]3(=O)=NCC[C@H]23)n1. The first kappa shape index (κ1) is 29.3. The molecule has 0 bridgehead atoms. The zero-order valence-electron chi connectivity index (χ0n) is 23.3. The number of pyridine rings is 2. The molecule has 0 aliphatic carbocycles. The fourth-order valence-corrected chi connectivity index (χ4v) is 8.78. The number of nitrogens with zero attached hydrogens (tertiary/aromatic N) is 4. The first-order valence-corrected chi connectivity index (χ1v) is 14.8. The summed E-state index contributed by atoms with van der Waals surface area (Å²) in [6.45, 7) is 12.6. The van der Waals surface area contributed by atoms with E-state index in [1.54, 1.807) is 54.5 Å². The van der Waals surface area contributed by atoms with Crippen molar-refractivity contribution in [3.05, 3.63) is 57.9 Å². The molecule has 4 heterocycles. The number of ketones is 1. The van der Waals surface area contributed by atoms with Crippen LogP contribution < -0.4 is 0 Å². The van der Waals surface area contributed by atoms with Gasteiger partial charge in [-0.25, -0.2) is 13.0 Å². The van der Waals surface area contributed by atoms with E-state index in [0.717, 1.165) is 0 Å². The zero-order chi connectivity index (χ0) is 29.0. The normalized spacial score (nSPS) is 25.9. The van der Waals surface area contributed by atoms with Crippen LogP contribution in [0.3, 0.4) is 0 Å². The van der Waals surface area contributed by atoms with Crippen LogP contribution in [0.2, 0.25) is 5.02 Å². The molecule has 0 N–H and O–H groups in total. The van der Waals surface area contributed by atoms with Crippen LogP contribution in [-0.2, 0) is 31.2 Å². The molecule has 39 heavy (non-hydrogen) atoms. The number of hydrogen-bond donors (Lipinski definition) is 0. The van der Waals surface area contributed by atoms with Gasteiger partial charge in [-0.3, -0.25) is 24.5 Å². The molecule has 0 saturated carbocycles. The smallest absolute Gasteiger partial charge is 0.312 e. The van der Waals surface area contributed by atoms with Crippen LogP contribution in [0.5, 0.6) is 0 Å². The lowest BCUT2D eigenvalue weighted by molar-refractivity contribution is -0.153. The Labute approximate surface area is 234 Å². The van der Waals surface area contributed by atoms with Gasteiger partial charge >= 0.3 is 5.97 Å². The van der Waals surface area contributed by atoms with E-state index in [1.807, 2.05) is 0 Å². The monoisotopic (exact) mass is 576 g/mol. The second-order valence-electron chi connectivity index (χ2n) is 11.7. The van der Waals surface area contributed by atoms with E-state index in [2.05, 4.69) is 14.3 Å². The second-order valence-corrected chi connectivity index (χ2v) is 15.2. The maximum Gasteiger partial charge on any atom is 0.312 e. The number of halogens is 2. The number of carbonyl (C=O) groups excluding carboxylic acids is 2. The van der Waals surface area contributed by atoms with Gasteiger partial charge in [0.2, 0.25) is 0 Å². The average molecular weight is 577 g/mol. The number of hydrogen-bond acceptors (Lipinski definition) is 8. The number of ether oxygens (including phenoxy) is 1. The molecule has 0 fully saturated rings. The standard InChI is InChI=1S/C28H34ClFN4O4S/c1-16-12-17(29)15-31-24(16)20(35)13-18-8-9-19(30)25(33-18)28(7)22-10-11-32-39(22,37)27(5,6)21(34-28)14-23(36)38-26(2,3)4/h8-9,12,15,22H,10-11,13-14H2,1-7H3/t22-,28+,39+/m1/s1. The van der Waals surface area contributed by atoms with Gasteiger partial charge in [0, 0.05) is 24.1 Å². The molecule has 2 aliphatic heterocycles. The lowest BCUT2D eigenvalue weighted by atomic mass is 9.88. The molecule has 0 aromatic carbocycles. The Morgan fingerprint density at radius 3 is 2.54 bits per heavy atom. The summed E-state index contributed by atoms with van der Waals surface area (Å²) in [4.78, 5) is 39.5. The van der Waals surface area contributed by atoms with Crippen LogP contribution in [0.4, 0.5) is 4.39 Å². The topological polar surface area (TPSA) is 111 Å². The number of Topliss-reactive ketones (excluding diaryl/α,β-unsaturated/α-hetero) is 1. The van der Waals surface area contributed by atoms with Gasteiger partial charge in [-0.2, -0.15) is 0 Å². The number of carbonyl (C=O) groups is 2. The third-order valence-corrected chi connectivity index (χ3v) is 11.2. The molecular formula is C28H34ClFN4O4S. The predicted molar refractivity (Wildman–Crippen MR) is 149 cm³/mol. The minimum atomic E-state index is -2.98. The number of fused-ring (bicyclic) bond motifs is 1. The van der Waals surface area contributed by atoms with Crippen molar-refractivity contribution in [1.82, 2.24) is 9.97 Å². The third-order valence-electron chi connectivity index (χ3n) is 7.25. The predicted octanol–water partition coefficient (Wildman–Crippen LogP) is 5.42. The Hall–Kier alpha value is -2.72. The van der Waals surface area contributed by atoms with Crippen LogP contribution in [0.1, 0.15) is 81.8 Å². The van der Waals surface area contributed by atoms with Crippen molar-refractivity contribution < 1.29 is 22.9 Å². The van der Waals surface area contributed by atoms with Gasteiger partial charge < -0.3 is 4.74 Å². The second kappa shape index (κ2) is 10.0. The van der Waals surface area contributed by atoms with Gasteiger partial charge in [0.05, 0.1) is 37.6 Å². The van der Waals surface area contributed by atoms with Gasteiger partial charge in [0.1, 0.15) is 28.3 Å². The van der Waals surface area contributed by atoms with E-state index < -0.39 is 42.7 Å². The number of esters is 1. The summed E-state index contributed by atoms with van der Waals surface area (Å²) in [7, 11) is -2.98. The molecule has 210 valence electrons. The van der Waals surface area contributed by atoms with Crippen LogP contribution >= 0.6 is 11.6 Å². The van der Waals surface area contributed by atoms with Crippen molar-refractivity contribution in [2.75, 3.05) is 6.54 Å². The molecule has 0 saturated heterocycles. The maximum atomic E-state index is 15.5. The summed E-state index contributed by atoms with van der Waals surface area (Å²) in [5, 5.41) is -0.208. The largest absolute Gasteiger partial charge is 0.460 e. The lowest BCUT2D eigenvalue weighted by Crippen LogP contribution is -2.56. The molecule has 3 atom stereocenters. The Balaban J connectivity index is 1.78. The molecule has 8 nitrogen and oxygen atoms in total. The third kappa shape index (κ3) is 5.37. The van der Waals surface area contributed by atoms with E-state index >= 15 is 4.39 Å². The van der Waals surface area contributed by atoms with Crippen molar-refractivity contribution in [3.8, 4) is 0 Å². The van der Waals surface area contributed by atoms with Crippen molar-refractivity contribution in [3.63, 3.8) is 0 Å². The number of rotatable bonds is 6. The molecule has 0 amide bonds. The summed E-state index contributed by atoms with van der Waals surface area (Å²) < 4.78 is 39.0. The Kier molecular flexibility index (Phi) is 7.53. The van der Waals surface area contributed by atoms with Crippen molar-refractivity contribution in [2.45, 2.75) is 88.9 Å². The highest BCUT2D eigenvalue weighted by Crippen LogP contribution is 2.48. The highest BCUT2D eigenvalue weighted by atomic mass is 35.5. The van der Waals surface area contributed by atoms with Crippen LogP contribution in [-0.4, -0.2) is 53.8 Å². The van der Waals surface area contributed by atoms with Gasteiger partial charge in [-0.1, -0.05) is 11.6 Å². The van der Waals surface area contributed by atoms with E-state index in [9.17, 15) is 13.8 Å². The van der Waals surface area contributed by atoms with E-state index in [1.165, 1.54) is 18.3 Å².